The molecule has 0 spiro atoms. The standard InChI is InChI=1S/C16H14F3NO3/c1-15(2,11-3-5-12(6-4-11)16(17,18)19)23-14-9-7-13(8-10-14)20(21)22/h3-10H,1-2H3. The minimum atomic E-state index is -4.39. The number of ether oxygens (including phenoxy) is 1. The van der Waals surface area contributed by atoms with Crippen molar-refractivity contribution in [3.05, 3.63) is 69.8 Å². The van der Waals surface area contributed by atoms with Gasteiger partial charge in [-0.25, -0.2) is 0 Å². The molecule has 0 N–H and O–H groups in total. The third-order valence-corrected chi connectivity index (χ3v) is 3.33. The van der Waals surface area contributed by atoms with Gasteiger partial charge in [0.05, 0.1) is 10.5 Å². The fourth-order valence-corrected chi connectivity index (χ4v) is 2.05. The Morgan fingerprint density at radius 3 is 1.83 bits per heavy atom. The largest absolute Gasteiger partial charge is 0.483 e. The number of hydrogen-bond acceptors (Lipinski definition) is 3. The fraction of sp³-hybridized carbons (Fsp3) is 0.250. The van der Waals surface area contributed by atoms with Gasteiger partial charge in [-0.1, -0.05) is 12.1 Å². The summed E-state index contributed by atoms with van der Waals surface area (Å²) >= 11 is 0. The minimum Gasteiger partial charge on any atom is -0.483 e. The minimum absolute atomic E-state index is 0.0651. The number of rotatable bonds is 4. The highest BCUT2D eigenvalue weighted by atomic mass is 19.4. The van der Waals surface area contributed by atoms with E-state index in [1.807, 2.05) is 0 Å². The molecule has 0 saturated carbocycles. The van der Waals surface area contributed by atoms with Crippen LogP contribution in [0, 0.1) is 10.1 Å². The molecule has 0 aliphatic heterocycles. The van der Waals surface area contributed by atoms with E-state index in [0.29, 0.717) is 11.3 Å². The van der Waals surface area contributed by atoms with E-state index in [4.69, 9.17) is 4.74 Å². The Morgan fingerprint density at radius 1 is 0.913 bits per heavy atom. The van der Waals surface area contributed by atoms with Crippen LogP contribution in [0.25, 0.3) is 0 Å². The molecule has 0 aliphatic carbocycles. The van der Waals surface area contributed by atoms with E-state index >= 15 is 0 Å². The van der Waals surface area contributed by atoms with Crippen molar-refractivity contribution in [1.29, 1.82) is 0 Å². The summed E-state index contributed by atoms with van der Waals surface area (Å²) in [6, 6.07) is 10.2. The molecule has 0 aliphatic rings. The molecule has 0 amide bonds. The van der Waals surface area contributed by atoms with Gasteiger partial charge < -0.3 is 4.74 Å². The third kappa shape index (κ3) is 4.00. The Bertz CT molecular complexity index is 692. The Morgan fingerprint density at radius 2 is 1.39 bits per heavy atom. The quantitative estimate of drug-likeness (QED) is 0.592. The Hall–Kier alpha value is -2.57. The lowest BCUT2D eigenvalue weighted by Gasteiger charge is -2.27. The molecule has 4 nitrogen and oxygen atoms in total. The monoisotopic (exact) mass is 325 g/mol. The maximum atomic E-state index is 12.6. The third-order valence-electron chi connectivity index (χ3n) is 3.33. The Kier molecular flexibility index (Phi) is 4.31. The van der Waals surface area contributed by atoms with Gasteiger partial charge in [-0.15, -0.1) is 0 Å². The zero-order valence-corrected chi connectivity index (χ0v) is 12.4. The first kappa shape index (κ1) is 16.8. The topological polar surface area (TPSA) is 52.4 Å². The predicted octanol–water partition coefficient (Wildman–Crippen LogP) is 4.93. The van der Waals surface area contributed by atoms with Crippen LogP contribution in [0.4, 0.5) is 18.9 Å². The van der Waals surface area contributed by atoms with E-state index in [1.54, 1.807) is 13.8 Å². The molecule has 0 fully saturated rings. The lowest BCUT2D eigenvalue weighted by Crippen LogP contribution is -2.25. The average molecular weight is 325 g/mol. The molecule has 122 valence electrons. The molecule has 0 unspecified atom stereocenters. The SMILES string of the molecule is CC(C)(Oc1ccc([N+](=O)[O-])cc1)c1ccc(C(F)(F)F)cc1. The number of hydrogen-bond donors (Lipinski definition) is 0. The van der Waals surface area contributed by atoms with Gasteiger partial charge in [-0.2, -0.15) is 13.2 Å². The van der Waals surface area contributed by atoms with Crippen LogP contribution in [-0.4, -0.2) is 4.92 Å². The number of nitro groups is 1. The number of benzene rings is 2. The van der Waals surface area contributed by atoms with Gasteiger partial charge in [0.1, 0.15) is 11.4 Å². The normalized spacial score (nSPS) is 12.0. The second-order valence-electron chi connectivity index (χ2n) is 5.44. The number of alkyl halides is 3. The summed E-state index contributed by atoms with van der Waals surface area (Å²) in [5, 5.41) is 10.6. The highest BCUT2D eigenvalue weighted by Crippen LogP contribution is 2.33. The van der Waals surface area contributed by atoms with E-state index in [-0.39, 0.29) is 5.69 Å². The summed E-state index contributed by atoms with van der Waals surface area (Å²) in [5.41, 5.74) is -1.12. The van der Waals surface area contributed by atoms with Crippen molar-refractivity contribution >= 4 is 5.69 Å². The van der Waals surface area contributed by atoms with E-state index < -0.39 is 22.3 Å². The maximum Gasteiger partial charge on any atom is 0.416 e. The van der Waals surface area contributed by atoms with Crippen LogP contribution >= 0.6 is 0 Å². The van der Waals surface area contributed by atoms with Crippen LogP contribution in [0.1, 0.15) is 25.0 Å². The van der Waals surface area contributed by atoms with Crippen LogP contribution in [0.3, 0.4) is 0 Å². The molecule has 0 radical (unpaired) electrons. The van der Waals surface area contributed by atoms with Gasteiger partial charge >= 0.3 is 6.18 Å². The lowest BCUT2D eigenvalue weighted by molar-refractivity contribution is -0.384. The molecule has 2 aromatic rings. The summed E-state index contributed by atoms with van der Waals surface area (Å²) < 4.78 is 43.5. The van der Waals surface area contributed by atoms with E-state index in [9.17, 15) is 23.3 Å². The number of nitrogens with zero attached hydrogens (tertiary/aromatic N) is 1. The first-order valence-corrected chi connectivity index (χ1v) is 6.71. The van der Waals surface area contributed by atoms with Crippen LogP contribution in [0.15, 0.2) is 48.5 Å². The van der Waals surface area contributed by atoms with Crippen molar-refractivity contribution in [1.82, 2.24) is 0 Å². The van der Waals surface area contributed by atoms with Crippen molar-refractivity contribution in [3.63, 3.8) is 0 Å². The van der Waals surface area contributed by atoms with E-state index in [0.717, 1.165) is 12.1 Å². The second kappa shape index (κ2) is 5.91. The van der Waals surface area contributed by atoms with Gasteiger partial charge in [0.15, 0.2) is 0 Å². The summed E-state index contributed by atoms with van der Waals surface area (Å²) in [5.74, 6) is 0.389. The molecule has 0 heterocycles. The van der Waals surface area contributed by atoms with Gasteiger partial charge in [0, 0.05) is 12.1 Å². The molecule has 0 bridgehead atoms. The fourth-order valence-electron chi connectivity index (χ4n) is 2.05. The van der Waals surface area contributed by atoms with Gasteiger partial charge in [-0.3, -0.25) is 10.1 Å². The predicted molar refractivity (Wildman–Crippen MR) is 78.2 cm³/mol. The first-order valence-electron chi connectivity index (χ1n) is 6.71. The van der Waals surface area contributed by atoms with E-state index in [2.05, 4.69) is 0 Å². The zero-order valence-electron chi connectivity index (χ0n) is 12.4. The van der Waals surface area contributed by atoms with Gasteiger partial charge in [-0.05, 0) is 43.7 Å². The Labute approximate surface area is 130 Å². The van der Waals surface area contributed by atoms with Crippen molar-refractivity contribution in [2.45, 2.75) is 25.6 Å². The van der Waals surface area contributed by atoms with Crippen LogP contribution in [0.2, 0.25) is 0 Å². The number of non-ortho nitro benzene ring substituents is 1. The first-order chi connectivity index (χ1) is 10.6. The Balaban J connectivity index is 2.19. The smallest absolute Gasteiger partial charge is 0.416 e. The summed E-state index contributed by atoms with van der Waals surface area (Å²) in [4.78, 5) is 10.1. The highest BCUT2D eigenvalue weighted by molar-refractivity contribution is 5.37. The van der Waals surface area contributed by atoms with Crippen molar-refractivity contribution < 1.29 is 22.8 Å². The van der Waals surface area contributed by atoms with Crippen LogP contribution in [0.5, 0.6) is 5.75 Å². The number of halogens is 3. The molecular formula is C16H14F3NO3. The highest BCUT2D eigenvalue weighted by Gasteiger charge is 2.31. The average Bonchev–Trinajstić information content (AvgIpc) is 2.46. The molecule has 0 aromatic heterocycles. The van der Waals surface area contributed by atoms with Crippen LogP contribution < -0.4 is 4.74 Å². The molecular weight excluding hydrogens is 311 g/mol. The van der Waals surface area contributed by atoms with Crippen molar-refractivity contribution in [2.24, 2.45) is 0 Å². The molecule has 23 heavy (non-hydrogen) atoms. The second-order valence-corrected chi connectivity index (χ2v) is 5.44. The number of nitro benzene ring substituents is 1. The van der Waals surface area contributed by atoms with E-state index in [1.165, 1.54) is 36.4 Å². The summed E-state index contributed by atoms with van der Waals surface area (Å²) in [7, 11) is 0. The lowest BCUT2D eigenvalue weighted by atomic mass is 9.96. The molecule has 0 saturated heterocycles. The molecule has 2 rings (SSSR count). The van der Waals surface area contributed by atoms with Crippen LogP contribution in [-0.2, 0) is 11.8 Å². The van der Waals surface area contributed by atoms with Gasteiger partial charge in [0.2, 0.25) is 0 Å². The maximum absolute atomic E-state index is 12.6. The molecule has 2 aromatic carbocycles. The molecule has 7 heteroatoms. The van der Waals surface area contributed by atoms with Crippen molar-refractivity contribution in [3.8, 4) is 5.75 Å². The van der Waals surface area contributed by atoms with Crippen molar-refractivity contribution in [2.75, 3.05) is 0 Å². The summed E-state index contributed by atoms with van der Waals surface area (Å²) in [6.45, 7) is 3.41. The zero-order chi connectivity index (χ0) is 17.3. The summed E-state index contributed by atoms with van der Waals surface area (Å²) in [6.07, 6.45) is -4.39. The van der Waals surface area contributed by atoms with Gasteiger partial charge in [0.25, 0.3) is 5.69 Å². The molecule has 0 atom stereocenters.